The predicted octanol–water partition coefficient (Wildman–Crippen LogP) is 3.70. The second kappa shape index (κ2) is 8.97. The van der Waals surface area contributed by atoms with Gasteiger partial charge in [0.25, 0.3) is 5.91 Å². The van der Waals surface area contributed by atoms with E-state index in [0.717, 1.165) is 11.1 Å². The number of methoxy groups -OCH3 is 1. The lowest BCUT2D eigenvalue weighted by atomic mass is 10.1. The minimum Gasteiger partial charge on any atom is -0.468 e. The topological polar surface area (TPSA) is 86.1 Å². The number of fused-ring (bicyclic) bond motifs is 1. The zero-order chi connectivity index (χ0) is 21.8. The number of hydrogen-bond acceptors (Lipinski definition) is 5. The minimum atomic E-state index is -0.527. The SMILES string of the molecule is COC(=O)CNC(=O)c1cc(-c2ccccc2)nc2c1cnn2Cc1ccc(Cl)cc1. The van der Waals surface area contributed by atoms with Gasteiger partial charge in [0.15, 0.2) is 5.65 Å². The van der Waals surface area contributed by atoms with Gasteiger partial charge in [-0.15, -0.1) is 0 Å². The van der Waals surface area contributed by atoms with Gasteiger partial charge in [-0.2, -0.15) is 5.10 Å². The summed E-state index contributed by atoms with van der Waals surface area (Å²) in [6, 6.07) is 18.7. The molecule has 7 nitrogen and oxygen atoms in total. The molecule has 0 saturated carbocycles. The zero-order valence-electron chi connectivity index (χ0n) is 16.7. The molecule has 0 aliphatic rings. The number of hydrogen-bond donors (Lipinski definition) is 1. The third-order valence-electron chi connectivity index (χ3n) is 4.79. The van der Waals surface area contributed by atoms with Crippen LogP contribution < -0.4 is 5.32 Å². The highest BCUT2D eigenvalue weighted by molar-refractivity contribution is 6.30. The number of nitrogens with one attached hydrogen (secondary N) is 1. The second-order valence-corrected chi connectivity index (χ2v) is 7.28. The van der Waals surface area contributed by atoms with Crippen molar-refractivity contribution in [2.45, 2.75) is 6.54 Å². The molecule has 8 heteroatoms. The summed E-state index contributed by atoms with van der Waals surface area (Å²) in [4.78, 5) is 29.1. The van der Waals surface area contributed by atoms with Crippen molar-refractivity contribution in [3.63, 3.8) is 0 Å². The van der Waals surface area contributed by atoms with Crippen molar-refractivity contribution >= 4 is 34.5 Å². The van der Waals surface area contributed by atoms with Gasteiger partial charge in [-0.3, -0.25) is 9.59 Å². The molecule has 0 saturated heterocycles. The number of rotatable bonds is 6. The van der Waals surface area contributed by atoms with Crippen LogP contribution in [-0.2, 0) is 16.1 Å². The summed E-state index contributed by atoms with van der Waals surface area (Å²) in [5.41, 5.74) is 3.45. The van der Waals surface area contributed by atoms with E-state index >= 15 is 0 Å². The summed E-state index contributed by atoms with van der Waals surface area (Å²) < 4.78 is 6.34. The lowest BCUT2D eigenvalue weighted by Gasteiger charge is -2.10. The van der Waals surface area contributed by atoms with Crippen LogP contribution in [0.5, 0.6) is 0 Å². The van der Waals surface area contributed by atoms with Gasteiger partial charge in [0, 0.05) is 10.6 Å². The van der Waals surface area contributed by atoms with Crippen molar-refractivity contribution in [3.05, 3.63) is 83.0 Å². The van der Waals surface area contributed by atoms with Crippen LogP contribution in [0.4, 0.5) is 0 Å². The molecule has 0 bridgehead atoms. The summed E-state index contributed by atoms with van der Waals surface area (Å²) >= 11 is 5.98. The molecule has 0 aliphatic heterocycles. The van der Waals surface area contributed by atoms with Gasteiger partial charge in [0.1, 0.15) is 6.54 Å². The number of esters is 1. The summed E-state index contributed by atoms with van der Waals surface area (Å²) in [5.74, 6) is -0.929. The zero-order valence-corrected chi connectivity index (χ0v) is 17.5. The van der Waals surface area contributed by atoms with Gasteiger partial charge in [0.2, 0.25) is 0 Å². The second-order valence-electron chi connectivity index (χ2n) is 6.85. The van der Waals surface area contributed by atoms with Crippen molar-refractivity contribution < 1.29 is 14.3 Å². The Labute approximate surface area is 183 Å². The first-order chi connectivity index (χ1) is 15.0. The van der Waals surface area contributed by atoms with Crippen molar-refractivity contribution in [2.75, 3.05) is 13.7 Å². The molecule has 1 N–H and O–H groups in total. The summed E-state index contributed by atoms with van der Waals surface area (Å²) in [7, 11) is 1.27. The molecule has 4 rings (SSSR count). The van der Waals surface area contributed by atoms with Gasteiger partial charge in [-0.05, 0) is 23.8 Å². The average Bonchev–Trinajstić information content (AvgIpc) is 3.21. The van der Waals surface area contributed by atoms with E-state index in [9.17, 15) is 9.59 Å². The van der Waals surface area contributed by atoms with Crippen molar-refractivity contribution in [3.8, 4) is 11.3 Å². The number of pyridine rings is 1. The first-order valence-electron chi connectivity index (χ1n) is 9.56. The molecule has 2 heterocycles. The average molecular weight is 435 g/mol. The van der Waals surface area contributed by atoms with Crippen LogP contribution in [0.2, 0.25) is 5.02 Å². The third kappa shape index (κ3) is 4.57. The smallest absolute Gasteiger partial charge is 0.325 e. The number of halogens is 1. The van der Waals surface area contributed by atoms with Crippen LogP contribution in [0.1, 0.15) is 15.9 Å². The van der Waals surface area contributed by atoms with Gasteiger partial charge in [0.05, 0.1) is 36.5 Å². The third-order valence-corrected chi connectivity index (χ3v) is 5.04. The Kier molecular flexibility index (Phi) is 5.95. The lowest BCUT2D eigenvalue weighted by Crippen LogP contribution is -2.30. The molecule has 1 amide bonds. The normalized spacial score (nSPS) is 10.8. The Morgan fingerprint density at radius 1 is 1.10 bits per heavy atom. The largest absolute Gasteiger partial charge is 0.468 e. The fourth-order valence-corrected chi connectivity index (χ4v) is 3.32. The summed E-state index contributed by atoms with van der Waals surface area (Å²) in [6.07, 6.45) is 1.61. The molecule has 2 aromatic heterocycles. The fourth-order valence-electron chi connectivity index (χ4n) is 3.19. The highest BCUT2D eigenvalue weighted by Crippen LogP contribution is 2.25. The molecule has 4 aromatic rings. The van der Waals surface area contributed by atoms with Gasteiger partial charge >= 0.3 is 5.97 Å². The Morgan fingerprint density at radius 2 is 1.84 bits per heavy atom. The molecule has 0 aliphatic carbocycles. The van der Waals surface area contributed by atoms with Crippen molar-refractivity contribution in [1.29, 1.82) is 0 Å². The molecule has 31 heavy (non-hydrogen) atoms. The van der Waals surface area contributed by atoms with Crippen molar-refractivity contribution in [1.82, 2.24) is 20.1 Å². The van der Waals surface area contributed by atoms with Crippen LogP contribution in [0.25, 0.3) is 22.3 Å². The van der Waals surface area contributed by atoms with Gasteiger partial charge in [-0.1, -0.05) is 54.1 Å². The summed E-state index contributed by atoms with van der Waals surface area (Å²) in [6.45, 7) is 0.244. The van der Waals surface area contributed by atoms with Crippen molar-refractivity contribution in [2.24, 2.45) is 0 Å². The number of carbonyl (C=O) groups excluding carboxylic acids is 2. The first-order valence-corrected chi connectivity index (χ1v) is 9.94. The van der Waals surface area contributed by atoms with Gasteiger partial charge < -0.3 is 10.1 Å². The lowest BCUT2D eigenvalue weighted by molar-refractivity contribution is -0.139. The number of carbonyl (C=O) groups is 2. The Balaban J connectivity index is 1.78. The van der Waals surface area contributed by atoms with E-state index < -0.39 is 11.9 Å². The number of aromatic nitrogens is 3. The van der Waals surface area contributed by atoms with E-state index in [2.05, 4.69) is 15.2 Å². The number of amides is 1. The first kappa shape index (κ1) is 20.6. The quantitative estimate of drug-likeness (QED) is 0.467. The Bertz CT molecular complexity index is 1240. The highest BCUT2D eigenvalue weighted by atomic mass is 35.5. The van der Waals surface area contributed by atoms with Gasteiger partial charge in [-0.25, -0.2) is 9.67 Å². The standard InChI is InChI=1S/C23H19ClN4O3/c1-31-21(29)13-25-23(30)18-11-20(16-5-3-2-4-6-16)27-22-19(18)12-26-28(22)14-15-7-9-17(24)10-8-15/h2-12H,13-14H2,1H3,(H,25,30). The molecular formula is C23H19ClN4O3. The van der Waals surface area contributed by atoms with E-state index in [1.807, 2.05) is 54.6 Å². The Morgan fingerprint density at radius 3 is 2.55 bits per heavy atom. The maximum Gasteiger partial charge on any atom is 0.325 e. The van der Waals surface area contributed by atoms with E-state index in [-0.39, 0.29) is 6.54 Å². The van der Waals surface area contributed by atoms with Crippen LogP contribution in [0.15, 0.2) is 66.9 Å². The van der Waals surface area contributed by atoms with Crippen LogP contribution in [-0.4, -0.2) is 40.3 Å². The minimum absolute atomic E-state index is 0.223. The van der Waals surface area contributed by atoms with E-state index in [4.69, 9.17) is 16.6 Å². The number of nitrogens with zero attached hydrogens (tertiary/aromatic N) is 3. The fraction of sp³-hybridized carbons (Fsp3) is 0.130. The molecule has 0 atom stereocenters. The van der Waals surface area contributed by atoms with E-state index in [1.54, 1.807) is 16.9 Å². The maximum absolute atomic E-state index is 12.9. The molecule has 0 spiro atoms. The molecule has 0 fully saturated rings. The van der Waals surface area contributed by atoms with Crippen LogP contribution in [0.3, 0.4) is 0 Å². The predicted molar refractivity (Wildman–Crippen MR) is 118 cm³/mol. The molecule has 0 radical (unpaired) electrons. The van der Waals surface area contributed by atoms with E-state index in [0.29, 0.717) is 33.9 Å². The number of benzene rings is 2. The summed E-state index contributed by atoms with van der Waals surface area (Å²) in [5, 5.41) is 8.29. The van der Waals surface area contributed by atoms with E-state index in [1.165, 1.54) is 7.11 Å². The number of ether oxygens (including phenoxy) is 1. The Hall–Kier alpha value is -3.71. The highest BCUT2D eigenvalue weighted by Gasteiger charge is 2.18. The van der Waals surface area contributed by atoms with Crippen LogP contribution >= 0.6 is 11.6 Å². The maximum atomic E-state index is 12.9. The van der Waals surface area contributed by atoms with Crippen LogP contribution in [0, 0.1) is 0 Å². The molecule has 0 unspecified atom stereocenters. The monoisotopic (exact) mass is 434 g/mol. The molecule has 156 valence electrons. The molecular weight excluding hydrogens is 416 g/mol. The molecule has 2 aromatic carbocycles.